The van der Waals surface area contributed by atoms with Crippen molar-refractivity contribution in [1.29, 1.82) is 0 Å². The predicted molar refractivity (Wildman–Crippen MR) is 52.5 cm³/mol. The maximum Gasteiger partial charge on any atom is 0.229 e. The number of nitrogens with zero attached hydrogens (tertiary/aromatic N) is 1. The van der Waals surface area contributed by atoms with Gasteiger partial charge in [-0.15, -0.1) is 0 Å². The summed E-state index contributed by atoms with van der Waals surface area (Å²) in [5, 5.41) is 2.72. The van der Waals surface area contributed by atoms with E-state index in [2.05, 4.69) is 15.3 Å². The Morgan fingerprint density at radius 2 is 2.50 bits per heavy atom. The first-order valence-electron chi connectivity index (χ1n) is 4.81. The highest BCUT2D eigenvalue weighted by atomic mass is 16.2. The molecule has 4 N–H and O–H groups in total. The topological polar surface area (TPSA) is 83.8 Å². The van der Waals surface area contributed by atoms with Crippen molar-refractivity contribution in [2.45, 2.75) is 25.3 Å². The molecule has 2 rings (SSSR count). The third-order valence-electron chi connectivity index (χ3n) is 2.58. The van der Waals surface area contributed by atoms with Gasteiger partial charge in [0.25, 0.3) is 0 Å². The highest BCUT2D eigenvalue weighted by Crippen LogP contribution is 2.24. The van der Waals surface area contributed by atoms with E-state index in [-0.39, 0.29) is 17.9 Å². The molecular weight excluding hydrogens is 180 g/mol. The summed E-state index contributed by atoms with van der Waals surface area (Å²) in [7, 11) is 0. The van der Waals surface area contributed by atoms with E-state index in [0.717, 1.165) is 19.3 Å². The standard InChI is InChI=1S/C9H14N4O/c10-7-2-1-6(5-7)8(14)13-9-11-3-4-12-9/h3-4,6-7H,1-2,5,10H2,(H2,11,12,13,14). The van der Waals surface area contributed by atoms with Crippen LogP contribution in [0.4, 0.5) is 5.95 Å². The first kappa shape index (κ1) is 9.21. The molecule has 0 saturated heterocycles. The first-order chi connectivity index (χ1) is 6.75. The number of carbonyl (C=O) groups is 1. The molecule has 14 heavy (non-hydrogen) atoms. The van der Waals surface area contributed by atoms with Crippen molar-refractivity contribution in [1.82, 2.24) is 9.97 Å². The van der Waals surface area contributed by atoms with Crippen LogP contribution in [0.25, 0.3) is 0 Å². The third-order valence-corrected chi connectivity index (χ3v) is 2.58. The van der Waals surface area contributed by atoms with E-state index in [1.807, 2.05) is 0 Å². The van der Waals surface area contributed by atoms with Crippen molar-refractivity contribution in [2.24, 2.45) is 11.7 Å². The van der Waals surface area contributed by atoms with Crippen LogP contribution >= 0.6 is 0 Å². The van der Waals surface area contributed by atoms with Gasteiger partial charge in [0.05, 0.1) is 0 Å². The minimum absolute atomic E-state index is 0.0212. The molecule has 1 saturated carbocycles. The van der Waals surface area contributed by atoms with Crippen LogP contribution in [-0.2, 0) is 4.79 Å². The zero-order valence-electron chi connectivity index (χ0n) is 7.86. The lowest BCUT2D eigenvalue weighted by Gasteiger charge is -2.08. The Morgan fingerprint density at radius 1 is 1.64 bits per heavy atom. The van der Waals surface area contributed by atoms with Gasteiger partial charge in [-0.05, 0) is 19.3 Å². The van der Waals surface area contributed by atoms with Crippen molar-refractivity contribution in [3.63, 3.8) is 0 Å². The number of rotatable bonds is 2. The van der Waals surface area contributed by atoms with E-state index >= 15 is 0 Å². The molecule has 1 fully saturated rings. The number of anilines is 1. The highest BCUT2D eigenvalue weighted by Gasteiger charge is 2.27. The van der Waals surface area contributed by atoms with Crippen LogP contribution in [0.5, 0.6) is 0 Å². The molecule has 2 atom stereocenters. The summed E-state index contributed by atoms with van der Waals surface area (Å²) in [5.74, 6) is 0.582. The maximum absolute atomic E-state index is 11.6. The van der Waals surface area contributed by atoms with Gasteiger partial charge < -0.3 is 10.7 Å². The number of H-pyrrole nitrogens is 1. The first-order valence-corrected chi connectivity index (χ1v) is 4.81. The normalized spacial score (nSPS) is 26.4. The molecule has 5 nitrogen and oxygen atoms in total. The Balaban J connectivity index is 1.90. The maximum atomic E-state index is 11.6. The molecule has 1 amide bonds. The Morgan fingerprint density at radius 3 is 3.07 bits per heavy atom. The molecular formula is C9H14N4O. The Hall–Kier alpha value is -1.36. The van der Waals surface area contributed by atoms with Crippen molar-refractivity contribution >= 4 is 11.9 Å². The lowest BCUT2D eigenvalue weighted by atomic mass is 10.1. The summed E-state index contributed by atoms with van der Waals surface area (Å²) in [5.41, 5.74) is 5.73. The van der Waals surface area contributed by atoms with Gasteiger partial charge in [0.15, 0.2) is 0 Å². The number of amides is 1. The third kappa shape index (κ3) is 1.93. The number of aromatic amines is 1. The molecule has 0 aliphatic heterocycles. The van der Waals surface area contributed by atoms with E-state index in [0.29, 0.717) is 5.95 Å². The van der Waals surface area contributed by atoms with Gasteiger partial charge in [-0.3, -0.25) is 10.1 Å². The van der Waals surface area contributed by atoms with Gasteiger partial charge in [-0.25, -0.2) is 4.98 Å². The Labute approximate surface area is 82.1 Å². The van der Waals surface area contributed by atoms with E-state index in [4.69, 9.17) is 5.73 Å². The minimum Gasteiger partial charge on any atom is -0.331 e. The number of nitrogens with one attached hydrogen (secondary N) is 2. The molecule has 1 aromatic rings. The predicted octanol–water partition coefficient (Wildman–Crippen LogP) is 0.476. The second kappa shape index (κ2) is 3.79. The monoisotopic (exact) mass is 194 g/mol. The summed E-state index contributed by atoms with van der Waals surface area (Å²) in [6, 6.07) is 0.183. The van der Waals surface area contributed by atoms with E-state index in [1.54, 1.807) is 12.4 Å². The molecule has 1 heterocycles. The quantitative estimate of drug-likeness (QED) is 0.640. The number of imidazole rings is 1. The number of aromatic nitrogens is 2. The summed E-state index contributed by atoms with van der Waals surface area (Å²) in [6.45, 7) is 0. The summed E-state index contributed by atoms with van der Waals surface area (Å²) in [6.07, 6.45) is 5.89. The van der Waals surface area contributed by atoms with Gasteiger partial charge in [-0.2, -0.15) is 0 Å². The molecule has 2 unspecified atom stereocenters. The summed E-state index contributed by atoms with van der Waals surface area (Å²) < 4.78 is 0. The number of hydrogen-bond acceptors (Lipinski definition) is 3. The number of carbonyl (C=O) groups excluding carboxylic acids is 1. The molecule has 0 aromatic carbocycles. The van der Waals surface area contributed by atoms with Crippen LogP contribution in [0, 0.1) is 5.92 Å². The zero-order chi connectivity index (χ0) is 9.97. The zero-order valence-corrected chi connectivity index (χ0v) is 7.86. The van der Waals surface area contributed by atoms with Crippen molar-refractivity contribution in [2.75, 3.05) is 5.32 Å². The van der Waals surface area contributed by atoms with Gasteiger partial charge in [0, 0.05) is 24.4 Å². The minimum atomic E-state index is 0.0212. The van der Waals surface area contributed by atoms with Crippen LogP contribution in [-0.4, -0.2) is 21.9 Å². The molecule has 0 spiro atoms. The number of nitrogens with two attached hydrogens (primary N) is 1. The van der Waals surface area contributed by atoms with Gasteiger partial charge >= 0.3 is 0 Å². The average molecular weight is 194 g/mol. The summed E-state index contributed by atoms with van der Waals surface area (Å²) in [4.78, 5) is 18.4. The molecule has 76 valence electrons. The molecule has 0 bridgehead atoms. The SMILES string of the molecule is NC1CCC(C(=O)Nc2ncc[nH]2)C1. The van der Waals surface area contributed by atoms with Crippen LogP contribution in [0.2, 0.25) is 0 Å². The molecule has 1 aromatic heterocycles. The van der Waals surface area contributed by atoms with E-state index in [1.165, 1.54) is 0 Å². The van der Waals surface area contributed by atoms with Gasteiger partial charge in [0.2, 0.25) is 11.9 Å². The lowest BCUT2D eigenvalue weighted by Crippen LogP contribution is -2.23. The Kier molecular flexibility index (Phi) is 2.49. The van der Waals surface area contributed by atoms with Crippen molar-refractivity contribution in [3.05, 3.63) is 12.4 Å². The van der Waals surface area contributed by atoms with Crippen molar-refractivity contribution < 1.29 is 4.79 Å². The van der Waals surface area contributed by atoms with Crippen LogP contribution < -0.4 is 11.1 Å². The average Bonchev–Trinajstić information content (AvgIpc) is 2.75. The fourth-order valence-corrected chi connectivity index (χ4v) is 1.81. The molecule has 0 radical (unpaired) electrons. The highest BCUT2D eigenvalue weighted by molar-refractivity contribution is 5.91. The lowest BCUT2D eigenvalue weighted by molar-refractivity contribution is -0.119. The smallest absolute Gasteiger partial charge is 0.229 e. The van der Waals surface area contributed by atoms with E-state index < -0.39 is 0 Å². The fourth-order valence-electron chi connectivity index (χ4n) is 1.81. The van der Waals surface area contributed by atoms with E-state index in [9.17, 15) is 4.79 Å². The van der Waals surface area contributed by atoms with Crippen LogP contribution in [0.15, 0.2) is 12.4 Å². The van der Waals surface area contributed by atoms with Gasteiger partial charge in [-0.1, -0.05) is 0 Å². The van der Waals surface area contributed by atoms with Crippen molar-refractivity contribution in [3.8, 4) is 0 Å². The Bertz CT molecular complexity index is 309. The molecule has 1 aliphatic carbocycles. The summed E-state index contributed by atoms with van der Waals surface area (Å²) >= 11 is 0. The van der Waals surface area contributed by atoms with Crippen LogP contribution in [0.3, 0.4) is 0 Å². The molecule has 1 aliphatic rings. The number of hydrogen-bond donors (Lipinski definition) is 3. The second-order valence-corrected chi connectivity index (χ2v) is 3.70. The molecule has 5 heteroatoms. The van der Waals surface area contributed by atoms with Crippen LogP contribution in [0.1, 0.15) is 19.3 Å². The van der Waals surface area contributed by atoms with Gasteiger partial charge in [0.1, 0.15) is 0 Å². The fraction of sp³-hybridized carbons (Fsp3) is 0.556. The second-order valence-electron chi connectivity index (χ2n) is 3.70. The largest absolute Gasteiger partial charge is 0.331 e.